The molecule has 29 heavy (non-hydrogen) atoms. The van der Waals surface area contributed by atoms with Crippen LogP contribution in [-0.2, 0) is 14.3 Å². The van der Waals surface area contributed by atoms with Crippen LogP contribution < -0.4 is 24.3 Å². The maximum absolute atomic E-state index is 12.1. The molecule has 1 atom stereocenters. The Morgan fingerprint density at radius 3 is 2.10 bits per heavy atom. The van der Waals surface area contributed by atoms with Crippen LogP contribution in [0.3, 0.4) is 0 Å². The van der Waals surface area contributed by atoms with E-state index in [4.69, 9.17) is 23.7 Å². The highest BCUT2D eigenvalue weighted by atomic mass is 16.6. The summed E-state index contributed by atoms with van der Waals surface area (Å²) >= 11 is 0. The number of amides is 1. The van der Waals surface area contributed by atoms with Gasteiger partial charge < -0.3 is 29.0 Å². The predicted octanol–water partition coefficient (Wildman–Crippen LogP) is 2.51. The van der Waals surface area contributed by atoms with Gasteiger partial charge in [0.2, 0.25) is 0 Å². The first-order chi connectivity index (χ1) is 14.0. The molecule has 0 bridgehead atoms. The molecule has 2 aromatic carbocycles. The second-order valence-electron chi connectivity index (χ2n) is 6.02. The van der Waals surface area contributed by atoms with E-state index in [1.165, 1.54) is 0 Å². The number of carbonyl (C=O) groups is 2. The van der Waals surface area contributed by atoms with Crippen molar-refractivity contribution < 1.29 is 33.3 Å². The average Bonchev–Trinajstić information content (AvgIpc) is 2.75. The van der Waals surface area contributed by atoms with Gasteiger partial charge >= 0.3 is 5.97 Å². The van der Waals surface area contributed by atoms with Crippen LogP contribution in [0, 0.1) is 0 Å². The van der Waals surface area contributed by atoms with Crippen LogP contribution in [0.4, 0.5) is 0 Å². The van der Waals surface area contributed by atoms with Crippen molar-refractivity contribution in [3.8, 4) is 23.0 Å². The van der Waals surface area contributed by atoms with Gasteiger partial charge in [-0.15, -0.1) is 0 Å². The summed E-state index contributed by atoms with van der Waals surface area (Å²) in [4.78, 5) is 23.9. The second-order valence-corrected chi connectivity index (χ2v) is 6.02. The lowest BCUT2D eigenvalue weighted by atomic mass is 10.1. The Labute approximate surface area is 169 Å². The molecular formula is C21H25NO7. The molecule has 2 rings (SSSR count). The van der Waals surface area contributed by atoms with Gasteiger partial charge in [0.15, 0.2) is 13.2 Å². The normalized spacial score (nSPS) is 11.2. The van der Waals surface area contributed by atoms with Crippen LogP contribution in [0.5, 0.6) is 23.0 Å². The number of nitrogens with one attached hydrogen (secondary N) is 1. The average molecular weight is 403 g/mol. The summed E-state index contributed by atoms with van der Waals surface area (Å²) in [6.45, 7) is 1.07. The summed E-state index contributed by atoms with van der Waals surface area (Å²) < 4.78 is 25.8. The highest BCUT2D eigenvalue weighted by Gasteiger charge is 2.16. The minimum Gasteiger partial charge on any atom is -0.497 e. The van der Waals surface area contributed by atoms with Gasteiger partial charge in [-0.05, 0) is 49.4 Å². The number of rotatable bonds is 10. The molecule has 8 heteroatoms. The molecule has 0 aliphatic rings. The lowest BCUT2D eigenvalue weighted by Crippen LogP contribution is -2.32. The Balaban J connectivity index is 1.80. The van der Waals surface area contributed by atoms with Gasteiger partial charge in [-0.1, -0.05) is 0 Å². The monoisotopic (exact) mass is 403 g/mol. The lowest BCUT2D eigenvalue weighted by Gasteiger charge is -2.18. The van der Waals surface area contributed by atoms with Crippen molar-refractivity contribution in [1.82, 2.24) is 5.32 Å². The number of esters is 1. The molecule has 0 spiro atoms. The Bertz CT molecular complexity index is 820. The van der Waals surface area contributed by atoms with Crippen LogP contribution in [-0.4, -0.2) is 46.4 Å². The van der Waals surface area contributed by atoms with Crippen LogP contribution in [0.2, 0.25) is 0 Å². The van der Waals surface area contributed by atoms with E-state index in [1.807, 2.05) is 0 Å². The highest BCUT2D eigenvalue weighted by Crippen LogP contribution is 2.29. The van der Waals surface area contributed by atoms with Crippen LogP contribution in [0.1, 0.15) is 18.5 Å². The van der Waals surface area contributed by atoms with Crippen molar-refractivity contribution >= 4 is 11.9 Å². The van der Waals surface area contributed by atoms with E-state index < -0.39 is 18.5 Å². The predicted molar refractivity (Wildman–Crippen MR) is 106 cm³/mol. The van der Waals surface area contributed by atoms with Crippen LogP contribution >= 0.6 is 0 Å². The van der Waals surface area contributed by atoms with Gasteiger partial charge in [-0.2, -0.15) is 0 Å². The summed E-state index contributed by atoms with van der Waals surface area (Å²) in [6, 6.07) is 11.7. The summed E-state index contributed by atoms with van der Waals surface area (Å²) in [5.41, 5.74) is 0.745. The van der Waals surface area contributed by atoms with Crippen LogP contribution in [0.25, 0.3) is 0 Å². The fraction of sp³-hybridized carbons (Fsp3) is 0.333. The fourth-order valence-corrected chi connectivity index (χ4v) is 2.54. The number of hydrogen-bond acceptors (Lipinski definition) is 7. The summed E-state index contributed by atoms with van der Waals surface area (Å²) in [5.74, 6) is 1.33. The zero-order chi connectivity index (χ0) is 21.2. The third-order valence-corrected chi connectivity index (χ3v) is 4.06. The Morgan fingerprint density at radius 1 is 0.862 bits per heavy atom. The number of methoxy groups -OCH3 is 3. The van der Waals surface area contributed by atoms with Gasteiger partial charge in [-0.3, -0.25) is 4.79 Å². The SMILES string of the molecule is COc1ccc(OCC(=O)OCC(=O)N[C@@H](C)c2cc(OC)ccc2OC)cc1. The van der Waals surface area contributed by atoms with Crippen molar-refractivity contribution in [3.05, 3.63) is 48.0 Å². The molecule has 0 aliphatic heterocycles. The summed E-state index contributed by atoms with van der Waals surface area (Å²) in [5, 5.41) is 2.76. The Kier molecular flexibility index (Phi) is 8.14. The first-order valence-corrected chi connectivity index (χ1v) is 8.90. The third-order valence-electron chi connectivity index (χ3n) is 4.06. The van der Waals surface area contributed by atoms with E-state index in [9.17, 15) is 9.59 Å². The molecule has 1 N–H and O–H groups in total. The quantitative estimate of drug-likeness (QED) is 0.610. The van der Waals surface area contributed by atoms with Gasteiger partial charge in [0, 0.05) is 5.56 Å². The van der Waals surface area contributed by atoms with Crippen molar-refractivity contribution in [1.29, 1.82) is 0 Å². The minimum atomic E-state index is -0.650. The van der Waals surface area contributed by atoms with Crippen LogP contribution in [0.15, 0.2) is 42.5 Å². The molecule has 1 amide bonds. The number of hydrogen-bond donors (Lipinski definition) is 1. The fourth-order valence-electron chi connectivity index (χ4n) is 2.54. The molecule has 0 saturated heterocycles. The molecule has 0 fully saturated rings. The molecule has 0 radical (unpaired) electrons. The zero-order valence-corrected chi connectivity index (χ0v) is 16.9. The summed E-state index contributed by atoms with van der Waals surface area (Å²) in [7, 11) is 4.66. The molecule has 156 valence electrons. The van der Waals surface area contributed by atoms with E-state index in [1.54, 1.807) is 70.7 Å². The molecule has 8 nitrogen and oxygen atoms in total. The van der Waals surface area contributed by atoms with E-state index >= 15 is 0 Å². The largest absolute Gasteiger partial charge is 0.497 e. The molecule has 0 heterocycles. The number of ether oxygens (including phenoxy) is 5. The van der Waals surface area contributed by atoms with Gasteiger partial charge in [0.05, 0.1) is 27.4 Å². The molecule has 2 aromatic rings. The van der Waals surface area contributed by atoms with Gasteiger partial charge in [0.1, 0.15) is 23.0 Å². The zero-order valence-electron chi connectivity index (χ0n) is 16.9. The summed E-state index contributed by atoms with van der Waals surface area (Å²) in [6.07, 6.45) is 0. The van der Waals surface area contributed by atoms with Crippen molar-refractivity contribution in [3.63, 3.8) is 0 Å². The van der Waals surface area contributed by atoms with Gasteiger partial charge in [0.25, 0.3) is 5.91 Å². The molecule has 0 unspecified atom stereocenters. The first-order valence-electron chi connectivity index (χ1n) is 8.90. The second kappa shape index (κ2) is 10.8. The molecule has 0 aromatic heterocycles. The van der Waals surface area contributed by atoms with Gasteiger partial charge in [-0.25, -0.2) is 4.79 Å². The maximum atomic E-state index is 12.1. The molecular weight excluding hydrogens is 378 g/mol. The van der Waals surface area contributed by atoms with E-state index in [0.29, 0.717) is 23.0 Å². The van der Waals surface area contributed by atoms with E-state index in [-0.39, 0.29) is 12.6 Å². The first kappa shape index (κ1) is 21.9. The van der Waals surface area contributed by atoms with E-state index in [0.717, 1.165) is 5.56 Å². The lowest BCUT2D eigenvalue weighted by molar-refractivity contribution is -0.150. The standard InChI is InChI=1S/C21H25NO7/c1-14(18-11-17(26-3)9-10-19(18)27-4)22-20(23)12-29-21(24)13-28-16-7-5-15(25-2)6-8-16/h5-11,14H,12-13H2,1-4H3,(H,22,23)/t14-/m0/s1. The topological polar surface area (TPSA) is 92.3 Å². The highest BCUT2D eigenvalue weighted by molar-refractivity contribution is 5.81. The van der Waals surface area contributed by atoms with Crippen molar-refractivity contribution in [2.24, 2.45) is 0 Å². The number of carbonyl (C=O) groups excluding carboxylic acids is 2. The minimum absolute atomic E-state index is 0.307. The van der Waals surface area contributed by atoms with Crippen molar-refractivity contribution in [2.75, 3.05) is 34.5 Å². The van der Waals surface area contributed by atoms with Crippen molar-refractivity contribution in [2.45, 2.75) is 13.0 Å². The number of benzene rings is 2. The van der Waals surface area contributed by atoms with E-state index in [2.05, 4.69) is 5.32 Å². The smallest absolute Gasteiger partial charge is 0.344 e. The third kappa shape index (κ3) is 6.60. The molecule has 0 aliphatic carbocycles. The maximum Gasteiger partial charge on any atom is 0.344 e. The Morgan fingerprint density at radius 2 is 1.48 bits per heavy atom. The molecule has 0 saturated carbocycles. The Hall–Kier alpha value is -3.42.